The number of hydrogen-bond acceptors (Lipinski definition) is 2. The standard InChI is InChI=1S/C14H18O2/c1-8(2)14-6-5-13(4,7-14)11-10(14)9(3)16-12(11)15/h5-6,8,10-11H,3,7H2,1-2,4H3. The second-order valence-electron chi connectivity index (χ2n) is 6.13. The summed E-state index contributed by atoms with van der Waals surface area (Å²) >= 11 is 0. The highest BCUT2D eigenvalue weighted by molar-refractivity contribution is 5.80. The van der Waals surface area contributed by atoms with Gasteiger partial charge in [0.1, 0.15) is 5.76 Å². The van der Waals surface area contributed by atoms with Gasteiger partial charge in [0.05, 0.1) is 5.92 Å². The lowest BCUT2D eigenvalue weighted by molar-refractivity contribution is -0.141. The average molecular weight is 218 g/mol. The summed E-state index contributed by atoms with van der Waals surface area (Å²) in [4.78, 5) is 11.9. The second-order valence-corrected chi connectivity index (χ2v) is 6.13. The number of allylic oxidation sites excluding steroid dienone is 3. The molecule has 0 N–H and O–H groups in total. The number of carbonyl (C=O) groups is 1. The maximum Gasteiger partial charge on any atom is 0.315 e. The first-order valence-electron chi connectivity index (χ1n) is 6.02. The molecule has 1 saturated heterocycles. The zero-order valence-corrected chi connectivity index (χ0v) is 10.1. The van der Waals surface area contributed by atoms with Crippen LogP contribution in [0.5, 0.6) is 0 Å². The molecule has 16 heavy (non-hydrogen) atoms. The molecule has 0 spiro atoms. The number of hydrogen-bond donors (Lipinski definition) is 0. The van der Waals surface area contributed by atoms with E-state index in [0.717, 1.165) is 6.42 Å². The highest BCUT2D eigenvalue weighted by atomic mass is 16.5. The summed E-state index contributed by atoms with van der Waals surface area (Å²) in [5, 5.41) is 0. The third kappa shape index (κ3) is 0.876. The van der Waals surface area contributed by atoms with E-state index in [9.17, 15) is 4.79 Å². The van der Waals surface area contributed by atoms with Crippen molar-refractivity contribution in [3.05, 3.63) is 24.5 Å². The monoisotopic (exact) mass is 218 g/mol. The topological polar surface area (TPSA) is 26.3 Å². The van der Waals surface area contributed by atoms with Crippen LogP contribution >= 0.6 is 0 Å². The normalized spacial score (nSPS) is 49.0. The lowest BCUT2D eigenvalue weighted by atomic mass is 9.67. The molecule has 2 bridgehead atoms. The van der Waals surface area contributed by atoms with E-state index in [0.29, 0.717) is 11.7 Å². The fourth-order valence-electron chi connectivity index (χ4n) is 4.14. The van der Waals surface area contributed by atoms with E-state index in [1.807, 2.05) is 0 Å². The quantitative estimate of drug-likeness (QED) is 0.499. The molecule has 0 radical (unpaired) electrons. The largest absolute Gasteiger partial charge is 0.431 e. The van der Waals surface area contributed by atoms with Gasteiger partial charge in [-0.1, -0.05) is 39.5 Å². The number of ether oxygens (including phenoxy) is 1. The van der Waals surface area contributed by atoms with E-state index in [-0.39, 0.29) is 28.6 Å². The third-order valence-electron chi connectivity index (χ3n) is 4.99. The van der Waals surface area contributed by atoms with Gasteiger partial charge in [-0.05, 0) is 12.3 Å². The van der Waals surface area contributed by atoms with E-state index in [1.165, 1.54) is 0 Å². The molecule has 2 heteroatoms. The van der Waals surface area contributed by atoms with Gasteiger partial charge in [-0.25, -0.2) is 0 Å². The maximum atomic E-state index is 11.9. The van der Waals surface area contributed by atoms with Crippen LogP contribution in [-0.2, 0) is 9.53 Å². The molecule has 3 aliphatic rings. The van der Waals surface area contributed by atoms with Crippen molar-refractivity contribution in [3.63, 3.8) is 0 Å². The summed E-state index contributed by atoms with van der Waals surface area (Å²) in [5.41, 5.74) is 0.0914. The molecule has 0 amide bonds. The van der Waals surface area contributed by atoms with Crippen LogP contribution in [-0.4, -0.2) is 5.97 Å². The molecule has 1 heterocycles. The Labute approximate surface area is 96.4 Å². The minimum atomic E-state index is -0.0654. The van der Waals surface area contributed by atoms with Crippen molar-refractivity contribution in [2.24, 2.45) is 28.6 Å². The summed E-state index contributed by atoms with van der Waals surface area (Å²) in [6, 6.07) is 0. The Morgan fingerprint density at radius 3 is 2.75 bits per heavy atom. The Kier molecular flexibility index (Phi) is 1.65. The minimum absolute atomic E-state index is 0.00685. The summed E-state index contributed by atoms with van der Waals surface area (Å²) in [6.45, 7) is 10.6. The summed E-state index contributed by atoms with van der Waals surface area (Å²) in [6.07, 6.45) is 5.61. The molecule has 1 saturated carbocycles. The lowest BCUT2D eigenvalue weighted by Crippen LogP contribution is -2.33. The van der Waals surface area contributed by atoms with Gasteiger partial charge in [-0.15, -0.1) is 0 Å². The number of esters is 1. The van der Waals surface area contributed by atoms with Crippen LogP contribution in [0, 0.1) is 28.6 Å². The Bertz CT molecular complexity index is 420. The SMILES string of the molecule is C=C1OC(=O)C2C1C1(C(C)C)C=CC2(C)C1. The summed E-state index contributed by atoms with van der Waals surface area (Å²) in [7, 11) is 0. The zero-order chi connectivity index (χ0) is 11.7. The van der Waals surface area contributed by atoms with Gasteiger partial charge in [0, 0.05) is 16.7 Å². The molecule has 2 nitrogen and oxygen atoms in total. The van der Waals surface area contributed by atoms with Crippen LogP contribution in [0.1, 0.15) is 27.2 Å². The zero-order valence-electron chi connectivity index (χ0n) is 10.1. The highest BCUT2D eigenvalue weighted by Crippen LogP contribution is 2.69. The molecule has 2 fully saturated rings. The number of fused-ring (bicyclic) bond motifs is 5. The molecule has 4 atom stereocenters. The second kappa shape index (κ2) is 2.61. The Morgan fingerprint density at radius 1 is 1.44 bits per heavy atom. The molecule has 0 aromatic carbocycles. The highest BCUT2D eigenvalue weighted by Gasteiger charge is 2.68. The van der Waals surface area contributed by atoms with Gasteiger partial charge in [-0.3, -0.25) is 4.79 Å². The van der Waals surface area contributed by atoms with Crippen molar-refractivity contribution in [1.29, 1.82) is 0 Å². The minimum Gasteiger partial charge on any atom is -0.431 e. The van der Waals surface area contributed by atoms with E-state index >= 15 is 0 Å². The Morgan fingerprint density at radius 2 is 2.12 bits per heavy atom. The van der Waals surface area contributed by atoms with Crippen molar-refractivity contribution >= 4 is 5.97 Å². The number of carbonyl (C=O) groups excluding carboxylic acids is 1. The van der Waals surface area contributed by atoms with Gasteiger partial charge in [0.15, 0.2) is 0 Å². The Hall–Kier alpha value is -1.05. The smallest absolute Gasteiger partial charge is 0.315 e. The van der Waals surface area contributed by atoms with Gasteiger partial charge in [0.25, 0.3) is 0 Å². The van der Waals surface area contributed by atoms with E-state index in [2.05, 4.69) is 39.5 Å². The fourth-order valence-corrected chi connectivity index (χ4v) is 4.14. The van der Waals surface area contributed by atoms with Gasteiger partial charge in [0.2, 0.25) is 0 Å². The van der Waals surface area contributed by atoms with E-state index in [4.69, 9.17) is 4.74 Å². The first kappa shape index (κ1) is 10.1. The average Bonchev–Trinajstić information content (AvgIpc) is 2.75. The van der Waals surface area contributed by atoms with Gasteiger partial charge < -0.3 is 4.74 Å². The summed E-state index contributed by atoms with van der Waals surface area (Å²) < 4.78 is 5.28. The molecule has 0 aromatic heterocycles. The third-order valence-corrected chi connectivity index (χ3v) is 4.99. The van der Waals surface area contributed by atoms with Crippen molar-refractivity contribution in [2.45, 2.75) is 27.2 Å². The molecule has 2 aliphatic carbocycles. The number of cyclic esters (lactones) is 1. The van der Waals surface area contributed by atoms with Crippen LogP contribution in [0.2, 0.25) is 0 Å². The van der Waals surface area contributed by atoms with Crippen LogP contribution < -0.4 is 0 Å². The molecule has 3 rings (SSSR count). The Balaban J connectivity index is 2.17. The van der Waals surface area contributed by atoms with E-state index < -0.39 is 0 Å². The molecular weight excluding hydrogens is 200 g/mol. The van der Waals surface area contributed by atoms with Crippen LogP contribution in [0.3, 0.4) is 0 Å². The molecule has 4 unspecified atom stereocenters. The van der Waals surface area contributed by atoms with Crippen LogP contribution in [0.15, 0.2) is 24.5 Å². The van der Waals surface area contributed by atoms with Crippen LogP contribution in [0.25, 0.3) is 0 Å². The molecular formula is C14H18O2. The van der Waals surface area contributed by atoms with Crippen molar-refractivity contribution in [2.75, 3.05) is 0 Å². The maximum absolute atomic E-state index is 11.9. The van der Waals surface area contributed by atoms with Crippen LogP contribution in [0.4, 0.5) is 0 Å². The van der Waals surface area contributed by atoms with E-state index in [1.54, 1.807) is 0 Å². The first-order valence-corrected chi connectivity index (χ1v) is 6.02. The number of rotatable bonds is 1. The summed E-state index contributed by atoms with van der Waals surface area (Å²) in [5.74, 6) is 1.36. The van der Waals surface area contributed by atoms with Crippen molar-refractivity contribution in [1.82, 2.24) is 0 Å². The van der Waals surface area contributed by atoms with Crippen molar-refractivity contribution < 1.29 is 9.53 Å². The fraction of sp³-hybridized carbons (Fsp3) is 0.643. The van der Waals surface area contributed by atoms with Gasteiger partial charge in [-0.2, -0.15) is 0 Å². The van der Waals surface area contributed by atoms with Gasteiger partial charge >= 0.3 is 5.97 Å². The lowest BCUT2D eigenvalue weighted by Gasteiger charge is -2.35. The first-order chi connectivity index (χ1) is 7.41. The predicted octanol–water partition coefficient (Wildman–Crippen LogP) is 2.91. The molecule has 86 valence electrons. The predicted molar refractivity (Wildman–Crippen MR) is 61.3 cm³/mol. The molecule has 1 aliphatic heterocycles. The van der Waals surface area contributed by atoms with Crippen molar-refractivity contribution in [3.8, 4) is 0 Å². The molecule has 0 aromatic rings.